The highest BCUT2D eigenvalue weighted by Crippen LogP contribution is 2.19. The number of anilines is 1. The summed E-state index contributed by atoms with van der Waals surface area (Å²) in [7, 11) is 0. The van der Waals surface area contributed by atoms with Gasteiger partial charge in [-0.1, -0.05) is 30.3 Å². The summed E-state index contributed by atoms with van der Waals surface area (Å²) in [6, 6.07) is 14.0. The number of aromatic nitrogens is 3. The first kappa shape index (κ1) is 21.0. The molecule has 0 radical (unpaired) electrons. The van der Waals surface area contributed by atoms with Gasteiger partial charge >= 0.3 is 6.09 Å². The Morgan fingerprint density at radius 2 is 1.80 bits per heavy atom. The fraction of sp³-hybridized carbons (Fsp3) is 0.273. The van der Waals surface area contributed by atoms with Gasteiger partial charge in [-0.15, -0.1) is 0 Å². The van der Waals surface area contributed by atoms with E-state index in [4.69, 9.17) is 4.74 Å². The molecule has 1 aromatic carbocycles. The van der Waals surface area contributed by atoms with E-state index in [0.29, 0.717) is 12.2 Å². The number of carbonyl (C=O) groups excluding carboxylic acids is 2. The van der Waals surface area contributed by atoms with E-state index in [9.17, 15) is 9.59 Å². The summed E-state index contributed by atoms with van der Waals surface area (Å²) >= 11 is 0. The minimum atomic E-state index is -0.830. The highest BCUT2D eigenvalue weighted by atomic mass is 16.6. The van der Waals surface area contributed by atoms with Crippen molar-refractivity contribution in [1.82, 2.24) is 20.5 Å². The number of ether oxygens (including phenoxy) is 1. The molecule has 30 heavy (non-hydrogen) atoms. The fourth-order valence-electron chi connectivity index (χ4n) is 2.79. The maximum absolute atomic E-state index is 12.9. The number of pyridine rings is 1. The monoisotopic (exact) mass is 407 g/mol. The lowest BCUT2D eigenvalue weighted by Gasteiger charge is -2.23. The van der Waals surface area contributed by atoms with E-state index in [0.717, 1.165) is 16.8 Å². The lowest BCUT2D eigenvalue weighted by Crippen LogP contribution is -2.47. The second-order valence-corrected chi connectivity index (χ2v) is 7.78. The Hall–Kier alpha value is -3.68. The van der Waals surface area contributed by atoms with Crippen LogP contribution in [0.5, 0.6) is 0 Å². The molecule has 0 aliphatic carbocycles. The zero-order valence-corrected chi connectivity index (χ0v) is 17.2. The minimum absolute atomic E-state index is 0.313. The molecule has 0 unspecified atom stereocenters. The quantitative estimate of drug-likeness (QED) is 0.579. The molecule has 0 bridgehead atoms. The number of nitrogens with zero attached hydrogens (tertiary/aromatic N) is 2. The Balaban J connectivity index is 1.72. The van der Waals surface area contributed by atoms with E-state index < -0.39 is 23.6 Å². The summed E-state index contributed by atoms with van der Waals surface area (Å²) in [5.74, 6) is -0.0339. The van der Waals surface area contributed by atoms with E-state index in [1.165, 1.54) is 0 Å². The standard InChI is InChI=1S/C22H25N5O3/c1-22(2,3)30-21(29)24-18(13-15-7-5-4-6-8-15)20(28)25-19-14-17(26-27-19)16-9-11-23-12-10-16/h4-12,14,18H,13H2,1-3H3,(H,24,29)(H2,25,26,27,28)/t18-/m0/s1. The van der Waals surface area contributed by atoms with Gasteiger partial charge < -0.3 is 15.4 Å². The van der Waals surface area contributed by atoms with Crippen molar-refractivity contribution < 1.29 is 14.3 Å². The van der Waals surface area contributed by atoms with Gasteiger partial charge in [0.25, 0.3) is 0 Å². The van der Waals surface area contributed by atoms with Gasteiger partial charge in [0.1, 0.15) is 11.6 Å². The van der Waals surface area contributed by atoms with Crippen LogP contribution in [0.25, 0.3) is 11.3 Å². The molecule has 3 aromatic rings. The topological polar surface area (TPSA) is 109 Å². The van der Waals surface area contributed by atoms with Crippen LogP contribution in [0.1, 0.15) is 26.3 Å². The molecule has 0 spiro atoms. The zero-order valence-electron chi connectivity index (χ0n) is 17.2. The highest BCUT2D eigenvalue weighted by Gasteiger charge is 2.25. The van der Waals surface area contributed by atoms with Crippen molar-refractivity contribution in [2.24, 2.45) is 0 Å². The number of rotatable bonds is 6. The van der Waals surface area contributed by atoms with Crippen molar-refractivity contribution in [2.75, 3.05) is 5.32 Å². The molecule has 1 atom stereocenters. The van der Waals surface area contributed by atoms with Gasteiger partial charge in [0.15, 0.2) is 5.82 Å². The number of hydrogen-bond acceptors (Lipinski definition) is 5. The SMILES string of the molecule is CC(C)(C)OC(=O)N[C@@H](Cc1ccccc1)C(=O)Nc1cc(-c2ccncc2)[nH]n1. The van der Waals surface area contributed by atoms with E-state index >= 15 is 0 Å². The maximum Gasteiger partial charge on any atom is 0.408 e. The second kappa shape index (κ2) is 9.21. The Morgan fingerprint density at radius 1 is 1.10 bits per heavy atom. The number of aromatic amines is 1. The third-order valence-corrected chi connectivity index (χ3v) is 4.11. The molecule has 156 valence electrons. The zero-order chi connectivity index (χ0) is 21.6. The predicted octanol–water partition coefficient (Wildman–Crippen LogP) is 3.55. The summed E-state index contributed by atoms with van der Waals surface area (Å²) in [4.78, 5) is 29.2. The van der Waals surface area contributed by atoms with E-state index in [2.05, 4.69) is 25.8 Å². The van der Waals surface area contributed by atoms with Crippen LogP contribution in [-0.2, 0) is 16.0 Å². The number of alkyl carbamates (subject to hydrolysis) is 1. The third-order valence-electron chi connectivity index (χ3n) is 4.11. The summed E-state index contributed by atoms with van der Waals surface area (Å²) in [6.45, 7) is 5.30. The van der Waals surface area contributed by atoms with Crippen molar-refractivity contribution in [1.29, 1.82) is 0 Å². The van der Waals surface area contributed by atoms with Gasteiger partial charge in [-0.25, -0.2) is 4.79 Å². The number of carbonyl (C=O) groups is 2. The Kier molecular flexibility index (Phi) is 6.46. The first-order valence-corrected chi connectivity index (χ1v) is 9.60. The summed E-state index contributed by atoms with van der Waals surface area (Å²) in [6.07, 6.45) is 3.01. The molecular weight excluding hydrogens is 382 g/mol. The largest absolute Gasteiger partial charge is 0.444 e. The molecule has 2 amide bonds. The predicted molar refractivity (Wildman–Crippen MR) is 114 cm³/mol. The lowest BCUT2D eigenvalue weighted by atomic mass is 10.1. The minimum Gasteiger partial charge on any atom is -0.444 e. The van der Waals surface area contributed by atoms with Crippen molar-refractivity contribution in [2.45, 2.75) is 38.8 Å². The van der Waals surface area contributed by atoms with Crippen molar-refractivity contribution in [3.8, 4) is 11.3 Å². The molecule has 0 saturated carbocycles. The molecule has 0 aliphatic rings. The Morgan fingerprint density at radius 3 is 2.47 bits per heavy atom. The summed E-state index contributed by atoms with van der Waals surface area (Å²) in [5.41, 5.74) is 1.88. The molecule has 3 rings (SSSR count). The van der Waals surface area contributed by atoms with Crippen LogP contribution >= 0.6 is 0 Å². The van der Waals surface area contributed by atoms with Crippen LogP contribution in [0.15, 0.2) is 60.9 Å². The lowest BCUT2D eigenvalue weighted by molar-refractivity contribution is -0.118. The molecule has 2 aromatic heterocycles. The first-order chi connectivity index (χ1) is 14.3. The van der Waals surface area contributed by atoms with Crippen LogP contribution in [0.4, 0.5) is 10.6 Å². The van der Waals surface area contributed by atoms with Crippen molar-refractivity contribution in [3.63, 3.8) is 0 Å². The van der Waals surface area contributed by atoms with E-state index in [1.807, 2.05) is 42.5 Å². The van der Waals surface area contributed by atoms with E-state index in [1.54, 1.807) is 39.2 Å². The van der Waals surface area contributed by atoms with Gasteiger partial charge in [-0.2, -0.15) is 5.10 Å². The average Bonchev–Trinajstić information content (AvgIpc) is 3.16. The molecule has 2 heterocycles. The number of nitrogens with one attached hydrogen (secondary N) is 3. The molecule has 8 heteroatoms. The molecule has 0 aliphatic heterocycles. The number of H-pyrrole nitrogens is 1. The Bertz CT molecular complexity index is 981. The van der Waals surface area contributed by atoms with Crippen LogP contribution in [0.3, 0.4) is 0 Å². The molecule has 0 saturated heterocycles. The van der Waals surface area contributed by atoms with Crippen molar-refractivity contribution in [3.05, 3.63) is 66.5 Å². The maximum atomic E-state index is 12.9. The van der Waals surface area contributed by atoms with Crippen LogP contribution in [0, 0.1) is 0 Å². The van der Waals surface area contributed by atoms with Gasteiger partial charge in [-0.3, -0.25) is 14.9 Å². The summed E-state index contributed by atoms with van der Waals surface area (Å²) < 4.78 is 5.31. The van der Waals surface area contributed by atoms with Crippen LogP contribution in [-0.4, -0.2) is 38.8 Å². The van der Waals surface area contributed by atoms with Crippen LogP contribution in [0.2, 0.25) is 0 Å². The van der Waals surface area contributed by atoms with Crippen LogP contribution < -0.4 is 10.6 Å². The fourth-order valence-corrected chi connectivity index (χ4v) is 2.79. The third kappa shape index (κ3) is 6.16. The number of hydrogen-bond donors (Lipinski definition) is 3. The molecule has 8 nitrogen and oxygen atoms in total. The Labute approximate surface area is 175 Å². The van der Waals surface area contributed by atoms with Gasteiger partial charge in [0.05, 0.1) is 5.69 Å². The van der Waals surface area contributed by atoms with Gasteiger partial charge in [0, 0.05) is 30.4 Å². The first-order valence-electron chi connectivity index (χ1n) is 9.60. The van der Waals surface area contributed by atoms with Crippen molar-refractivity contribution >= 4 is 17.8 Å². The molecule has 3 N–H and O–H groups in total. The molecular formula is C22H25N5O3. The number of amides is 2. The molecule has 0 fully saturated rings. The smallest absolute Gasteiger partial charge is 0.408 e. The summed E-state index contributed by atoms with van der Waals surface area (Å²) in [5, 5.41) is 12.4. The highest BCUT2D eigenvalue weighted by molar-refractivity contribution is 5.96. The second-order valence-electron chi connectivity index (χ2n) is 7.78. The number of benzene rings is 1. The van der Waals surface area contributed by atoms with Gasteiger partial charge in [-0.05, 0) is 38.5 Å². The van der Waals surface area contributed by atoms with Gasteiger partial charge in [0.2, 0.25) is 5.91 Å². The van der Waals surface area contributed by atoms with E-state index in [-0.39, 0.29) is 0 Å². The normalized spacial score (nSPS) is 12.1. The average molecular weight is 407 g/mol.